The van der Waals surface area contributed by atoms with Crippen LogP contribution in [0.2, 0.25) is 0 Å². The zero-order valence-corrected chi connectivity index (χ0v) is 16.6. The minimum Gasteiger partial charge on any atom is -0.465 e. The lowest BCUT2D eigenvalue weighted by atomic mass is 9.77. The lowest BCUT2D eigenvalue weighted by Crippen LogP contribution is -2.52. The number of nitrogens with zero attached hydrogens (tertiary/aromatic N) is 4. The van der Waals surface area contributed by atoms with Crippen molar-refractivity contribution in [3.05, 3.63) is 29.7 Å². The van der Waals surface area contributed by atoms with Crippen LogP contribution in [0.15, 0.2) is 24.8 Å². The van der Waals surface area contributed by atoms with Gasteiger partial charge in [0.15, 0.2) is 5.13 Å². The van der Waals surface area contributed by atoms with E-state index in [-0.39, 0.29) is 12.5 Å². The number of carbonyl (C=O) groups excluding carboxylic acids is 1. The molecule has 0 aromatic carbocycles. The van der Waals surface area contributed by atoms with E-state index in [1.165, 1.54) is 17.7 Å². The number of rotatable bonds is 5. The summed E-state index contributed by atoms with van der Waals surface area (Å²) in [7, 11) is 0. The molecule has 0 radical (unpaired) electrons. The summed E-state index contributed by atoms with van der Waals surface area (Å²) in [4.78, 5) is 43.2. The van der Waals surface area contributed by atoms with E-state index in [9.17, 15) is 9.59 Å². The molecule has 0 aliphatic carbocycles. The molecule has 0 unspecified atom stereocenters. The van der Waals surface area contributed by atoms with E-state index >= 15 is 0 Å². The Bertz CT molecular complexity index is 1040. The summed E-state index contributed by atoms with van der Waals surface area (Å²) in [6.07, 6.45) is 4.85. The number of fused-ring (bicyclic) bond motifs is 1. The molecular weight excluding hydrogens is 394 g/mol. The van der Waals surface area contributed by atoms with Crippen LogP contribution in [-0.2, 0) is 4.79 Å². The zero-order chi connectivity index (χ0) is 20.4. The zero-order valence-electron chi connectivity index (χ0n) is 15.8. The highest BCUT2D eigenvalue weighted by molar-refractivity contribution is 7.15. The van der Waals surface area contributed by atoms with Gasteiger partial charge < -0.3 is 25.6 Å². The second-order valence-electron chi connectivity index (χ2n) is 7.09. The molecule has 1 saturated heterocycles. The first-order chi connectivity index (χ1) is 14.0. The summed E-state index contributed by atoms with van der Waals surface area (Å²) in [5, 5.41) is 15.8. The van der Waals surface area contributed by atoms with Crippen molar-refractivity contribution < 1.29 is 14.7 Å². The molecule has 4 rings (SSSR count). The molecule has 3 aromatic rings. The van der Waals surface area contributed by atoms with E-state index in [2.05, 4.69) is 35.5 Å². The number of nitrogens with one attached hydrogen (secondary N) is 3. The van der Waals surface area contributed by atoms with Gasteiger partial charge in [0, 0.05) is 36.9 Å². The maximum Gasteiger partial charge on any atom is 0.404 e. The van der Waals surface area contributed by atoms with Crippen molar-refractivity contribution >= 4 is 45.3 Å². The van der Waals surface area contributed by atoms with Crippen molar-refractivity contribution in [1.82, 2.24) is 25.3 Å². The van der Waals surface area contributed by atoms with Gasteiger partial charge in [-0.1, -0.05) is 0 Å². The fourth-order valence-electron chi connectivity index (χ4n) is 3.63. The summed E-state index contributed by atoms with van der Waals surface area (Å²) in [5.74, 6) is 0.599. The summed E-state index contributed by atoms with van der Waals surface area (Å²) in [6.45, 7) is 3.11. The van der Waals surface area contributed by atoms with Crippen LogP contribution >= 0.6 is 11.3 Å². The Morgan fingerprint density at radius 1 is 1.31 bits per heavy atom. The van der Waals surface area contributed by atoms with E-state index in [1.807, 2.05) is 19.2 Å². The molecule has 11 heteroatoms. The standard InChI is InChI=1S/C18H21N7O3S/c1-11-8-20-16(29-11)24-15(26)18(9-21-17(27)28)3-6-25(7-4-18)14-12-2-5-19-13(12)22-10-23-14/h2,5,8,10,21H,3-4,6-7,9H2,1H3,(H,27,28)(H,19,22,23)(H,20,24,26). The summed E-state index contributed by atoms with van der Waals surface area (Å²) in [6, 6.07) is 1.93. The second kappa shape index (κ2) is 7.66. The maximum atomic E-state index is 13.1. The quantitative estimate of drug-likeness (QED) is 0.501. The molecule has 3 aromatic heterocycles. The molecule has 29 heavy (non-hydrogen) atoms. The van der Waals surface area contributed by atoms with Crippen LogP contribution in [0.1, 0.15) is 17.7 Å². The largest absolute Gasteiger partial charge is 0.465 e. The van der Waals surface area contributed by atoms with Crippen LogP contribution in [0.5, 0.6) is 0 Å². The Hall–Kier alpha value is -3.21. The van der Waals surface area contributed by atoms with Gasteiger partial charge in [-0.25, -0.2) is 19.7 Å². The third-order valence-electron chi connectivity index (χ3n) is 5.25. The first kappa shape index (κ1) is 19.1. The lowest BCUT2D eigenvalue weighted by Gasteiger charge is -2.40. The number of anilines is 2. The fourth-order valence-corrected chi connectivity index (χ4v) is 4.29. The van der Waals surface area contributed by atoms with Gasteiger partial charge in [-0.3, -0.25) is 4.79 Å². The van der Waals surface area contributed by atoms with Crippen molar-refractivity contribution in [2.24, 2.45) is 5.41 Å². The van der Waals surface area contributed by atoms with Crippen LogP contribution in [0.25, 0.3) is 11.0 Å². The molecule has 0 atom stereocenters. The molecule has 1 aliphatic rings. The molecule has 2 amide bonds. The number of hydrogen-bond donors (Lipinski definition) is 4. The predicted molar refractivity (Wildman–Crippen MR) is 109 cm³/mol. The smallest absolute Gasteiger partial charge is 0.404 e. The first-order valence-electron chi connectivity index (χ1n) is 9.21. The van der Waals surface area contributed by atoms with E-state index in [0.717, 1.165) is 21.7 Å². The first-order valence-corrected chi connectivity index (χ1v) is 10.0. The highest BCUT2D eigenvalue weighted by Gasteiger charge is 2.42. The molecule has 0 spiro atoms. The summed E-state index contributed by atoms with van der Waals surface area (Å²) in [5.41, 5.74) is -0.0880. The fraction of sp³-hybridized carbons (Fsp3) is 0.389. The number of H-pyrrole nitrogens is 1. The number of carbonyl (C=O) groups is 2. The van der Waals surface area contributed by atoms with E-state index < -0.39 is 11.5 Å². The van der Waals surface area contributed by atoms with E-state index in [0.29, 0.717) is 31.1 Å². The molecule has 152 valence electrons. The van der Waals surface area contributed by atoms with Gasteiger partial charge in [-0.15, -0.1) is 11.3 Å². The van der Waals surface area contributed by atoms with E-state index in [4.69, 9.17) is 5.11 Å². The Labute approximate surface area is 170 Å². The minimum absolute atomic E-state index is 0.0513. The van der Waals surface area contributed by atoms with Gasteiger partial charge in [0.1, 0.15) is 17.8 Å². The molecule has 1 fully saturated rings. The van der Waals surface area contributed by atoms with Gasteiger partial charge in [0.25, 0.3) is 0 Å². The number of thiazole rings is 1. The van der Waals surface area contributed by atoms with Gasteiger partial charge >= 0.3 is 6.09 Å². The lowest BCUT2D eigenvalue weighted by molar-refractivity contribution is -0.126. The summed E-state index contributed by atoms with van der Waals surface area (Å²) < 4.78 is 0. The number of aryl methyl sites for hydroxylation is 1. The van der Waals surface area contributed by atoms with Gasteiger partial charge in [-0.05, 0) is 25.8 Å². The van der Waals surface area contributed by atoms with Crippen LogP contribution in [0.3, 0.4) is 0 Å². The Morgan fingerprint density at radius 3 is 2.79 bits per heavy atom. The van der Waals surface area contributed by atoms with Crippen molar-refractivity contribution in [1.29, 1.82) is 0 Å². The SMILES string of the molecule is Cc1cnc(NC(=O)C2(CNC(=O)O)CCN(c3ncnc4[nH]ccc34)CC2)s1. The average Bonchev–Trinajstić information content (AvgIpc) is 3.35. The van der Waals surface area contributed by atoms with Crippen LogP contribution in [0.4, 0.5) is 15.7 Å². The van der Waals surface area contributed by atoms with Gasteiger partial charge in [0.05, 0.1) is 10.8 Å². The maximum absolute atomic E-state index is 13.1. The number of aromatic amines is 1. The Balaban J connectivity index is 1.53. The number of amides is 2. The number of carboxylic acid groups (broad SMARTS) is 1. The number of aromatic nitrogens is 4. The van der Waals surface area contributed by atoms with Crippen LogP contribution < -0.4 is 15.5 Å². The Kier molecular flexibility index (Phi) is 5.05. The molecule has 4 N–H and O–H groups in total. The molecule has 0 bridgehead atoms. The predicted octanol–water partition coefficient (Wildman–Crippen LogP) is 2.22. The minimum atomic E-state index is -1.14. The third-order valence-corrected chi connectivity index (χ3v) is 6.08. The van der Waals surface area contributed by atoms with Gasteiger partial charge in [0.2, 0.25) is 5.91 Å². The van der Waals surface area contributed by atoms with Crippen molar-refractivity contribution in [3.8, 4) is 0 Å². The molecule has 0 saturated carbocycles. The molecular formula is C18H21N7O3S. The van der Waals surface area contributed by atoms with Crippen molar-refractivity contribution in [2.45, 2.75) is 19.8 Å². The topological polar surface area (TPSA) is 136 Å². The van der Waals surface area contributed by atoms with Crippen molar-refractivity contribution in [3.63, 3.8) is 0 Å². The third kappa shape index (κ3) is 3.86. The summed E-state index contributed by atoms with van der Waals surface area (Å²) >= 11 is 1.39. The average molecular weight is 415 g/mol. The molecule has 1 aliphatic heterocycles. The highest BCUT2D eigenvalue weighted by atomic mass is 32.1. The molecule has 10 nitrogen and oxygen atoms in total. The number of hydrogen-bond acceptors (Lipinski definition) is 7. The Morgan fingerprint density at radius 2 is 2.10 bits per heavy atom. The van der Waals surface area contributed by atoms with Crippen LogP contribution in [-0.4, -0.2) is 56.7 Å². The normalized spacial score (nSPS) is 16.0. The number of piperidine rings is 1. The second-order valence-corrected chi connectivity index (χ2v) is 8.33. The van der Waals surface area contributed by atoms with Gasteiger partial charge in [-0.2, -0.15) is 0 Å². The highest BCUT2D eigenvalue weighted by Crippen LogP contribution is 2.36. The molecule has 4 heterocycles. The monoisotopic (exact) mass is 415 g/mol. The van der Waals surface area contributed by atoms with E-state index in [1.54, 1.807) is 6.20 Å². The van der Waals surface area contributed by atoms with Crippen molar-refractivity contribution in [2.75, 3.05) is 29.9 Å². The van der Waals surface area contributed by atoms with Crippen LogP contribution in [0, 0.1) is 12.3 Å².